The molecule has 0 unspecified atom stereocenters. The average Bonchev–Trinajstić information content (AvgIpc) is 3.25. The normalized spacial score (nSPS) is 13.9. The maximum Gasteiger partial charge on any atom is 0.291 e. The summed E-state index contributed by atoms with van der Waals surface area (Å²) in [5.41, 5.74) is 2.56. The number of anilines is 2. The van der Waals surface area contributed by atoms with Crippen LogP contribution in [0.5, 0.6) is 0 Å². The summed E-state index contributed by atoms with van der Waals surface area (Å²) in [5.74, 6) is 0.689. The predicted octanol–water partition coefficient (Wildman–Crippen LogP) is 4.63. The third-order valence-electron chi connectivity index (χ3n) is 5.18. The van der Waals surface area contributed by atoms with Gasteiger partial charge in [-0.05, 0) is 36.4 Å². The van der Waals surface area contributed by atoms with Crippen molar-refractivity contribution in [2.24, 2.45) is 0 Å². The molecule has 6 nitrogen and oxygen atoms in total. The number of nitrogens with one attached hydrogen (secondary N) is 1. The molecule has 1 aliphatic rings. The number of amides is 2. The number of carbonyl (C=O) groups excluding carboxylic acids is 2. The Bertz CT molecular complexity index is 1050. The van der Waals surface area contributed by atoms with Crippen LogP contribution in [0.3, 0.4) is 0 Å². The third-order valence-corrected chi connectivity index (χ3v) is 5.71. The second-order valence-electron chi connectivity index (χ2n) is 7.14. The molecule has 4 rings (SSSR count). The van der Waals surface area contributed by atoms with E-state index in [0.717, 1.165) is 34.5 Å². The number of piperazine rings is 1. The van der Waals surface area contributed by atoms with Crippen LogP contribution in [0.15, 0.2) is 69.6 Å². The molecule has 1 aromatic heterocycles. The topological polar surface area (TPSA) is 65.8 Å². The van der Waals surface area contributed by atoms with E-state index in [1.165, 1.54) is 0 Å². The highest BCUT2D eigenvalue weighted by molar-refractivity contribution is 9.10. The summed E-state index contributed by atoms with van der Waals surface area (Å²) < 4.78 is 6.77. The SMILES string of the molecule is CC(=O)N1CCN(c2ccccc2NC(=O)c2ccc(-c3ccc(Br)cc3)o2)CC1. The minimum atomic E-state index is -0.298. The number of nitrogens with zero attached hydrogens (tertiary/aromatic N) is 2. The zero-order chi connectivity index (χ0) is 21.1. The molecule has 0 spiro atoms. The summed E-state index contributed by atoms with van der Waals surface area (Å²) in [6.45, 7) is 4.39. The molecule has 1 aliphatic heterocycles. The van der Waals surface area contributed by atoms with Crippen molar-refractivity contribution in [3.8, 4) is 11.3 Å². The molecule has 0 radical (unpaired) electrons. The van der Waals surface area contributed by atoms with Crippen LogP contribution in [0.4, 0.5) is 11.4 Å². The van der Waals surface area contributed by atoms with Gasteiger partial charge in [0.15, 0.2) is 5.76 Å². The molecule has 0 saturated carbocycles. The first kappa shape index (κ1) is 20.2. The molecule has 1 N–H and O–H groups in total. The van der Waals surface area contributed by atoms with Gasteiger partial charge in [0.05, 0.1) is 11.4 Å². The van der Waals surface area contributed by atoms with Crippen LogP contribution in [-0.2, 0) is 4.79 Å². The van der Waals surface area contributed by atoms with Crippen LogP contribution >= 0.6 is 15.9 Å². The Morgan fingerprint density at radius 2 is 1.63 bits per heavy atom. The molecule has 7 heteroatoms. The maximum absolute atomic E-state index is 12.8. The van der Waals surface area contributed by atoms with Crippen molar-refractivity contribution < 1.29 is 14.0 Å². The van der Waals surface area contributed by atoms with Crippen LogP contribution in [0.25, 0.3) is 11.3 Å². The lowest BCUT2D eigenvalue weighted by Gasteiger charge is -2.36. The van der Waals surface area contributed by atoms with E-state index < -0.39 is 0 Å². The lowest BCUT2D eigenvalue weighted by molar-refractivity contribution is -0.129. The monoisotopic (exact) mass is 467 g/mol. The summed E-state index contributed by atoms with van der Waals surface area (Å²) in [7, 11) is 0. The van der Waals surface area contributed by atoms with Gasteiger partial charge < -0.3 is 19.5 Å². The molecule has 2 heterocycles. The molecular weight excluding hydrogens is 446 g/mol. The molecule has 1 fully saturated rings. The quantitative estimate of drug-likeness (QED) is 0.607. The van der Waals surface area contributed by atoms with Crippen LogP contribution < -0.4 is 10.2 Å². The number of carbonyl (C=O) groups is 2. The summed E-state index contributed by atoms with van der Waals surface area (Å²) in [6.07, 6.45) is 0. The number of hydrogen-bond acceptors (Lipinski definition) is 4. The summed E-state index contributed by atoms with van der Waals surface area (Å²) in [5, 5.41) is 2.97. The molecule has 0 aliphatic carbocycles. The highest BCUT2D eigenvalue weighted by atomic mass is 79.9. The van der Waals surface area contributed by atoms with Crippen LogP contribution in [0, 0.1) is 0 Å². The van der Waals surface area contributed by atoms with E-state index in [1.807, 2.05) is 53.4 Å². The van der Waals surface area contributed by atoms with Gasteiger partial charge in [-0.1, -0.05) is 40.2 Å². The van der Waals surface area contributed by atoms with Crippen molar-refractivity contribution in [1.29, 1.82) is 0 Å². The first-order chi connectivity index (χ1) is 14.5. The number of benzene rings is 2. The van der Waals surface area contributed by atoms with Gasteiger partial charge >= 0.3 is 0 Å². The fraction of sp³-hybridized carbons (Fsp3) is 0.217. The Kier molecular flexibility index (Phi) is 5.90. The zero-order valence-electron chi connectivity index (χ0n) is 16.6. The van der Waals surface area contributed by atoms with Gasteiger partial charge in [-0.15, -0.1) is 0 Å². The van der Waals surface area contributed by atoms with E-state index in [4.69, 9.17) is 4.42 Å². The van der Waals surface area contributed by atoms with Crippen LogP contribution in [0.1, 0.15) is 17.5 Å². The van der Waals surface area contributed by atoms with Gasteiger partial charge in [0.25, 0.3) is 5.91 Å². The number of halogens is 1. The molecule has 3 aromatic rings. The molecule has 1 saturated heterocycles. The van der Waals surface area contributed by atoms with Gasteiger partial charge in [0.2, 0.25) is 5.91 Å². The number of furan rings is 1. The Balaban J connectivity index is 1.48. The van der Waals surface area contributed by atoms with Crippen molar-refractivity contribution >= 4 is 39.1 Å². The minimum absolute atomic E-state index is 0.0932. The van der Waals surface area contributed by atoms with Gasteiger partial charge in [-0.2, -0.15) is 0 Å². The molecule has 0 atom stereocenters. The Hall–Kier alpha value is -3.06. The first-order valence-electron chi connectivity index (χ1n) is 9.78. The summed E-state index contributed by atoms with van der Waals surface area (Å²) in [6, 6.07) is 18.9. The second kappa shape index (κ2) is 8.75. The lowest BCUT2D eigenvalue weighted by atomic mass is 10.2. The van der Waals surface area contributed by atoms with Crippen molar-refractivity contribution in [1.82, 2.24) is 4.90 Å². The molecule has 154 valence electrons. The highest BCUT2D eigenvalue weighted by Crippen LogP contribution is 2.28. The van der Waals surface area contributed by atoms with Crippen molar-refractivity contribution in [2.75, 3.05) is 36.4 Å². The van der Waals surface area contributed by atoms with E-state index in [2.05, 4.69) is 26.1 Å². The van der Waals surface area contributed by atoms with E-state index in [0.29, 0.717) is 18.8 Å². The summed E-state index contributed by atoms with van der Waals surface area (Å²) >= 11 is 3.42. The van der Waals surface area contributed by atoms with Crippen molar-refractivity contribution in [2.45, 2.75) is 6.92 Å². The minimum Gasteiger partial charge on any atom is -0.451 e. The van der Waals surface area contributed by atoms with Crippen molar-refractivity contribution in [3.63, 3.8) is 0 Å². The average molecular weight is 468 g/mol. The Morgan fingerprint density at radius 3 is 2.33 bits per heavy atom. The van der Waals surface area contributed by atoms with E-state index >= 15 is 0 Å². The standard InChI is InChI=1S/C23H22BrN3O3/c1-16(28)26-12-14-27(15-13-26)20-5-3-2-4-19(20)25-23(29)22-11-10-21(30-22)17-6-8-18(24)9-7-17/h2-11H,12-15H2,1H3,(H,25,29). The molecule has 0 bridgehead atoms. The third kappa shape index (κ3) is 4.41. The predicted molar refractivity (Wildman–Crippen MR) is 121 cm³/mol. The number of hydrogen-bond donors (Lipinski definition) is 1. The van der Waals surface area contributed by atoms with Gasteiger partial charge in [0, 0.05) is 43.1 Å². The number of rotatable bonds is 4. The van der Waals surface area contributed by atoms with Crippen LogP contribution in [-0.4, -0.2) is 42.9 Å². The molecule has 2 amide bonds. The fourth-order valence-corrected chi connectivity index (χ4v) is 3.79. The maximum atomic E-state index is 12.8. The Labute approximate surface area is 183 Å². The Morgan fingerprint density at radius 1 is 0.933 bits per heavy atom. The van der Waals surface area contributed by atoms with Crippen molar-refractivity contribution in [3.05, 3.63) is 70.9 Å². The smallest absolute Gasteiger partial charge is 0.291 e. The fourth-order valence-electron chi connectivity index (χ4n) is 3.53. The van der Waals surface area contributed by atoms with Gasteiger partial charge in [-0.25, -0.2) is 0 Å². The largest absolute Gasteiger partial charge is 0.451 e. The van der Waals surface area contributed by atoms with Gasteiger partial charge in [-0.3, -0.25) is 9.59 Å². The van der Waals surface area contributed by atoms with E-state index in [9.17, 15) is 9.59 Å². The first-order valence-corrected chi connectivity index (χ1v) is 10.6. The van der Waals surface area contributed by atoms with E-state index in [1.54, 1.807) is 19.1 Å². The lowest BCUT2D eigenvalue weighted by Crippen LogP contribution is -2.48. The molecular formula is C23H22BrN3O3. The highest BCUT2D eigenvalue weighted by Gasteiger charge is 2.21. The summed E-state index contributed by atoms with van der Waals surface area (Å²) in [4.78, 5) is 28.4. The number of para-hydroxylation sites is 2. The molecule has 30 heavy (non-hydrogen) atoms. The van der Waals surface area contributed by atoms with Crippen LogP contribution in [0.2, 0.25) is 0 Å². The van der Waals surface area contributed by atoms with E-state index in [-0.39, 0.29) is 17.6 Å². The zero-order valence-corrected chi connectivity index (χ0v) is 18.2. The molecule has 2 aromatic carbocycles. The van der Waals surface area contributed by atoms with Gasteiger partial charge in [0.1, 0.15) is 5.76 Å². The second-order valence-corrected chi connectivity index (χ2v) is 8.05.